The molecule has 0 saturated carbocycles. The largest absolute Gasteiger partial charge is 0.319 e. The second-order valence-electron chi connectivity index (χ2n) is 3.68. The van der Waals surface area contributed by atoms with Crippen LogP contribution in [0.1, 0.15) is 17.3 Å². The van der Waals surface area contributed by atoms with E-state index in [1.807, 2.05) is 18.2 Å². The van der Waals surface area contributed by atoms with Crippen LogP contribution in [-0.2, 0) is 0 Å². The number of thiophene rings is 1. The SMILES string of the molecule is NC(c1ccn[nH]1)c1csc2ccccc12. The molecule has 3 nitrogen and oxygen atoms in total. The van der Waals surface area contributed by atoms with E-state index < -0.39 is 0 Å². The summed E-state index contributed by atoms with van der Waals surface area (Å²) < 4.78 is 1.27. The van der Waals surface area contributed by atoms with Crippen molar-refractivity contribution < 1.29 is 0 Å². The molecule has 0 fully saturated rings. The second-order valence-corrected chi connectivity index (χ2v) is 4.59. The van der Waals surface area contributed by atoms with Crippen molar-refractivity contribution >= 4 is 21.4 Å². The third kappa shape index (κ3) is 1.43. The van der Waals surface area contributed by atoms with Crippen molar-refractivity contribution in [3.05, 3.63) is 53.2 Å². The summed E-state index contributed by atoms with van der Waals surface area (Å²) in [6.45, 7) is 0. The van der Waals surface area contributed by atoms with Gasteiger partial charge in [-0.1, -0.05) is 18.2 Å². The van der Waals surface area contributed by atoms with E-state index in [1.54, 1.807) is 17.5 Å². The van der Waals surface area contributed by atoms with Crippen molar-refractivity contribution in [2.75, 3.05) is 0 Å². The zero-order valence-electron chi connectivity index (χ0n) is 8.55. The van der Waals surface area contributed by atoms with Crippen LogP contribution >= 0.6 is 11.3 Å². The number of nitrogens with two attached hydrogens (primary N) is 1. The maximum absolute atomic E-state index is 6.21. The lowest BCUT2D eigenvalue weighted by Gasteiger charge is -2.07. The van der Waals surface area contributed by atoms with Crippen molar-refractivity contribution in [2.24, 2.45) is 5.73 Å². The molecule has 80 valence electrons. The highest BCUT2D eigenvalue weighted by Gasteiger charge is 2.14. The molecular formula is C12H11N3S. The zero-order valence-corrected chi connectivity index (χ0v) is 9.37. The molecule has 0 spiro atoms. The number of nitrogens with zero attached hydrogens (tertiary/aromatic N) is 1. The van der Waals surface area contributed by atoms with Crippen LogP contribution < -0.4 is 5.73 Å². The van der Waals surface area contributed by atoms with Gasteiger partial charge >= 0.3 is 0 Å². The van der Waals surface area contributed by atoms with E-state index in [1.165, 1.54) is 10.1 Å². The molecule has 0 amide bonds. The van der Waals surface area contributed by atoms with Gasteiger partial charge in [0.1, 0.15) is 0 Å². The number of hydrogen-bond acceptors (Lipinski definition) is 3. The first-order chi connectivity index (χ1) is 7.86. The lowest BCUT2D eigenvalue weighted by Crippen LogP contribution is -2.11. The number of nitrogens with one attached hydrogen (secondary N) is 1. The Labute approximate surface area is 96.9 Å². The molecule has 4 heteroatoms. The van der Waals surface area contributed by atoms with E-state index in [9.17, 15) is 0 Å². The predicted molar refractivity (Wildman–Crippen MR) is 66.4 cm³/mol. The predicted octanol–water partition coefficient (Wildman–Crippen LogP) is 2.67. The van der Waals surface area contributed by atoms with Crippen LogP contribution in [-0.4, -0.2) is 10.2 Å². The maximum atomic E-state index is 6.21. The third-order valence-electron chi connectivity index (χ3n) is 2.70. The Balaban J connectivity index is 2.12. The lowest BCUT2D eigenvalue weighted by atomic mass is 10.0. The number of hydrogen-bond donors (Lipinski definition) is 2. The molecule has 0 aliphatic heterocycles. The van der Waals surface area contributed by atoms with Gasteiger partial charge in [0.25, 0.3) is 0 Å². The smallest absolute Gasteiger partial charge is 0.0734 e. The summed E-state index contributed by atoms with van der Waals surface area (Å²) in [5.41, 5.74) is 8.31. The quantitative estimate of drug-likeness (QED) is 0.709. The summed E-state index contributed by atoms with van der Waals surface area (Å²) in [5, 5.41) is 10.2. The molecule has 0 saturated heterocycles. The van der Waals surface area contributed by atoms with Gasteiger partial charge in [0.15, 0.2) is 0 Å². The summed E-state index contributed by atoms with van der Waals surface area (Å²) in [4.78, 5) is 0. The van der Waals surface area contributed by atoms with E-state index in [2.05, 4.69) is 27.7 Å². The summed E-state index contributed by atoms with van der Waals surface area (Å²) in [6, 6.07) is 10.1. The lowest BCUT2D eigenvalue weighted by molar-refractivity contribution is 0.826. The Bertz CT molecular complexity index is 598. The first-order valence-electron chi connectivity index (χ1n) is 5.07. The topological polar surface area (TPSA) is 54.7 Å². The standard InChI is InChI=1S/C12H11N3S/c13-12(10-5-6-14-15-10)9-7-16-11-4-2-1-3-8(9)11/h1-7,12H,13H2,(H,14,15). The number of aromatic nitrogens is 2. The molecule has 3 aromatic rings. The highest BCUT2D eigenvalue weighted by Crippen LogP contribution is 2.31. The number of aromatic amines is 1. The van der Waals surface area contributed by atoms with Gasteiger partial charge in [0.05, 0.1) is 11.7 Å². The molecule has 2 aromatic heterocycles. The summed E-state index contributed by atoms with van der Waals surface area (Å²) in [7, 11) is 0. The van der Waals surface area contributed by atoms with E-state index in [0.29, 0.717) is 0 Å². The summed E-state index contributed by atoms with van der Waals surface area (Å²) in [6.07, 6.45) is 1.73. The Morgan fingerprint density at radius 2 is 2.12 bits per heavy atom. The molecular weight excluding hydrogens is 218 g/mol. The van der Waals surface area contributed by atoms with E-state index in [4.69, 9.17) is 5.73 Å². The Kier molecular flexibility index (Phi) is 2.23. The molecule has 3 N–H and O–H groups in total. The van der Waals surface area contributed by atoms with Gasteiger partial charge in [0.2, 0.25) is 0 Å². The minimum absolute atomic E-state index is 0.126. The minimum Gasteiger partial charge on any atom is -0.319 e. The molecule has 0 bridgehead atoms. The average molecular weight is 229 g/mol. The summed E-state index contributed by atoms with van der Waals surface area (Å²) in [5.74, 6) is 0. The van der Waals surface area contributed by atoms with Crippen LogP contribution in [0.25, 0.3) is 10.1 Å². The second kappa shape index (κ2) is 3.73. The first kappa shape index (κ1) is 9.57. The Morgan fingerprint density at radius 3 is 2.94 bits per heavy atom. The molecule has 3 rings (SSSR count). The number of H-pyrrole nitrogens is 1. The number of benzene rings is 1. The molecule has 0 radical (unpaired) electrons. The Morgan fingerprint density at radius 1 is 1.25 bits per heavy atom. The minimum atomic E-state index is -0.126. The van der Waals surface area contributed by atoms with Gasteiger partial charge < -0.3 is 5.73 Å². The van der Waals surface area contributed by atoms with Crippen LogP contribution in [0, 0.1) is 0 Å². The molecule has 1 atom stereocenters. The van der Waals surface area contributed by atoms with Crippen LogP contribution in [0.5, 0.6) is 0 Å². The van der Waals surface area contributed by atoms with Crippen molar-refractivity contribution in [1.29, 1.82) is 0 Å². The Hall–Kier alpha value is -1.65. The molecule has 1 aromatic carbocycles. The van der Waals surface area contributed by atoms with Gasteiger partial charge in [-0.05, 0) is 28.5 Å². The van der Waals surface area contributed by atoms with Crippen molar-refractivity contribution in [3.63, 3.8) is 0 Å². The fraction of sp³-hybridized carbons (Fsp3) is 0.0833. The maximum Gasteiger partial charge on any atom is 0.0734 e. The number of rotatable bonds is 2. The van der Waals surface area contributed by atoms with Crippen LogP contribution in [0.15, 0.2) is 41.9 Å². The van der Waals surface area contributed by atoms with Gasteiger partial charge in [0, 0.05) is 10.9 Å². The van der Waals surface area contributed by atoms with Crippen LogP contribution in [0.2, 0.25) is 0 Å². The van der Waals surface area contributed by atoms with Gasteiger partial charge in [-0.3, -0.25) is 5.10 Å². The third-order valence-corrected chi connectivity index (χ3v) is 3.69. The van der Waals surface area contributed by atoms with Gasteiger partial charge in [-0.2, -0.15) is 5.10 Å². The fourth-order valence-corrected chi connectivity index (χ4v) is 2.84. The van der Waals surface area contributed by atoms with E-state index >= 15 is 0 Å². The highest BCUT2D eigenvalue weighted by atomic mass is 32.1. The highest BCUT2D eigenvalue weighted by molar-refractivity contribution is 7.17. The molecule has 2 heterocycles. The first-order valence-corrected chi connectivity index (χ1v) is 5.95. The fourth-order valence-electron chi connectivity index (χ4n) is 1.85. The van der Waals surface area contributed by atoms with E-state index in [0.717, 1.165) is 11.3 Å². The van der Waals surface area contributed by atoms with Gasteiger partial charge in [-0.15, -0.1) is 11.3 Å². The van der Waals surface area contributed by atoms with Gasteiger partial charge in [-0.25, -0.2) is 0 Å². The summed E-state index contributed by atoms with van der Waals surface area (Å²) >= 11 is 1.73. The van der Waals surface area contributed by atoms with Crippen LogP contribution in [0.3, 0.4) is 0 Å². The van der Waals surface area contributed by atoms with Crippen molar-refractivity contribution in [2.45, 2.75) is 6.04 Å². The number of fused-ring (bicyclic) bond motifs is 1. The zero-order chi connectivity index (χ0) is 11.0. The molecule has 1 unspecified atom stereocenters. The van der Waals surface area contributed by atoms with E-state index in [-0.39, 0.29) is 6.04 Å². The normalized spacial score (nSPS) is 13.1. The molecule has 0 aliphatic rings. The average Bonchev–Trinajstić information content (AvgIpc) is 2.98. The monoisotopic (exact) mass is 229 g/mol. The molecule has 16 heavy (non-hydrogen) atoms. The molecule has 0 aliphatic carbocycles. The van der Waals surface area contributed by atoms with Crippen molar-refractivity contribution in [3.8, 4) is 0 Å². The van der Waals surface area contributed by atoms with Crippen molar-refractivity contribution in [1.82, 2.24) is 10.2 Å². The van der Waals surface area contributed by atoms with Crippen LogP contribution in [0.4, 0.5) is 0 Å².